The zero-order valence-electron chi connectivity index (χ0n) is 13.4. The Labute approximate surface area is 128 Å². The summed E-state index contributed by atoms with van der Waals surface area (Å²) < 4.78 is 5.75. The SMILES string of the molecule is C=CC(=O)OCCCCCCC[N+](C)(C)CCCC(=O)[O-]. The van der Waals surface area contributed by atoms with Crippen molar-refractivity contribution >= 4 is 11.9 Å². The first-order valence-electron chi connectivity index (χ1n) is 7.68. The van der Waals surface area contributed by atoms with E-state index in [1.807, 2.05) is 0 Å². The van der Waals surface area contributed by atoms with E-state index < -0.39 is 5.97 Å². The molecule has 5 nitrogen and oxygen atoms in total. The number of aliphatic carboxylic acids is 1. The second-order valence-electron chi connectivity index (χ2n) is 6.00. The van der Waals surface area contributed by atoms with Crippen LogP contribution < -0.4 is 5.11 Å². The third kappa shape index (κ3) is 13.4. The number of carboxylic acids is 1. The number of rotatable bonds is 13. The maximum absolute atomic E-state index is 10.8. The molecule has 5 heteroatoms. The van der Waals surface area contributed by atoms with Gasteiger partial charge in [0.2, 0.25) is 0 Å². The molecule has 0 heterocycles. The molecule has 0 saturated carbocycles. The number of carbonyl (C=O) groups excluding carboxylic acids is 2. The first kappa shape index (κ1) is 19.6. The molecule has 0 aliphatic carbocycles. The Bertz CT molecular complexity index is 326. The topological polar surface area (TPSA) is 66.4 Å². The van der Waals surface area contributed by atoms with Gasteiger partial charge in [-0.3, -0.25) is 0 Å². The van der Waals surface area contributed by atoms with E-state index in [9.17, 15) is 14.7 Å². The summed E-state index contributed by atoms with van der Waals surface area (Å²) in [7, 11) is 4.26. The molecular weight excluding hydrogens is 270 g/mol. The van der Waals surface area contributed by atoms with Crippen molar-refractivity contribution in [1.82, 2.24) is 0 Å². The third-order valence-corrected chi connectivity index (χ3v) is 3.46. The highest BCUT2D eigenvalue weighted by molar-refractivity contribution is 5.81. The molecule has 0 aromatic heterocycles. The smallest absolute Gasteiger partial charge is 0.330 e. The van der Waals surface area contributed by atoms with E-state index in [0.29, 0.717) is 13.0 Å². The van der Waals surface area contributed by atoms with E-state index in [0.717, 1.165) is 49.7 Å². The van der Waals surface area contributed by atoms with Crippen LogP contribution in [-0.2, 0) is 14.3 Å². The Morgan fingerprint density at radius 2 is 1.62 bits per heavy atom. The van der Waals surface area contributed by atoms with Gasteiger partial charge in [-0.2, -0.15) is 0 Å². The highest BCUT2D eigenvalue weighted by Crippen LogP contribution is 2.08. The van der Waals surface area contributed by atoms with Crippen LogP contribution in [0.25, 0.3) is 0 Å². The Balaban J connectivity index is 3.46. The maximum atomic E-state index is 10.8. The summed E-state index contributed by atoms with van der Waals surface area (Å²) in [5.41, 5.74) is 0. The second-order valence-corrected chi connectivity index (χ2v) is 6.00. The third-order valence-electron chi connectivity index (χ3n) is 3.46. The van der Waals surface area contributed by atoms with E-state index in [2.05, 4.69) is 20.7 Å². The molecule has 0 amide bonds. The summed E-state index contributed by atoms with van der Waals surface area (Å²) in [6.45, 7) is 5.73. The minimum absolute atomic E-state index is 0.144. The zero-order chi connectivity index (χ0) is 16.1. The molecule has 0 aliphatic heterocycles. The van der Waals surface area contributed by atoms with Crippen LogP contribution in [0.15, 0.2) is 12.7 Å². The molecule has 0 spiro atoms. The molecule has 0 N–H and O–H groups in total. The van der Waals surface area contributed by atoms with Gasteiger partial charge in [0, 0.05) is 18.5 Å². The van der Waals surface area contributed by atoms with E-state index in [4.69, 9.17) is 4.74 Å². The van der Waals surface area contributed by atoms with E-state index in [1.165, 1.54) is 6.08 Å². The van der Waals surface area contributed by atoms with Gasteiger partial charge >= 0.3 is 5.97 Å². The summed E-state index contributed by atoms with van der Waals surface area (Å²) in [5.74, 6) is -1.32. The predicted molar refractivity (Wildman–Crippen MR) is 80.3 cm³/mol. The molecule has 21 heavy (non-hydrogen) atoms. The standard InChI is InChI=1S/C16H29NO4/c1-4-16(20)21-14-9-7-5-6-8-12-17(2,3)13-10-11-15(18)19/h4H,1,5-14H2,2-3H3. The fourth-order valence-electron chi connectivity index (χ4n) is 2.17. The number of hydrogen-bond donors (Lipinski definition) is 0. The predicted octanol–water partition coefficient (Wildman–Crippen LogP) is 1.27. The Morgan fingerprint density at radius 3 is 2.24 bits per heavy atom. The van der Waals surface area contributed by atoms with Crippen molar-refractivity contribution in [2.45, 2.75) is 44.9 Å². The lowest BCUT2D eigenvalue weighted by molar-refractivity contribution is -0.890. The minimum atomic E-state index is -0.966. The molecule has 0 rings (SSSR count). The van der Waals surface area contributed by atoms with E-state index >= 15 is 0 Å². The van der Waals surface area contributed by atoms with Gasteiger partial charge in [0.1, 0.15) is 0 Å². The van der Waals surface area contributed by atoms with Crippen molar-refractivity contribution in [3.05, 3.63) is 12.7 Å². The fraction of sp³-hybridized carbons (Fsp3) is 0.750. The molecule has 0 aromatic carbocycles. The second kappa shape index (κ2) is 11.3. The number of esters is 1. The molecule has 0 radical (unpaired) electrons. The number of ether oxygens (including phenoxy) is 1. The zero-order valence-corrected chi connectivity index (χ0v) is 13.4. The maximum Gasteiger partial charge on any atom is 0.330 e. The van der Waals surface area contributed by atoms with Crippen molar-refractivity contribution in [3.63, 3.8) is 0 Å². The van der Waals surface area contributed by atoms with Gasteiger partial charge in [0.25, 0.3) is 0 Å². The molecule has 0 saturated heterocycles. The Morgan fingerprint density at radius 1 is 1.05 bits per heavy atom. The lowest BCUT2D eigenvalue weighted by Crippen LogP contribution is -2.41. The first-order valence-corrected chi connectivity index (χ1v) is 7.68. The van der Waals surface area contributed by atoms with Crippen molar-refractivity contribution < 1.29 is 23.9 Å². The first-order chi connectivity index (χ1) is 9.87. The van der Waals surface area contributed by atoms with Crippen LogP contribution in [-0.4, -0.2) is 50.2 Å². The minimum Gasteiger partial charge on any atom is -0.550 e. The van der Waals surface area contributed by atoms with Gasteiger partial charge in [-0.25, -0.2) is 4.79 Å². The van der Waals surface area contributed by atoms with Crippen LogP contribution >= 0.6 is 0 Å². The van der Waals surface area contributed by atoms with Crippen LogP contribution in [0.2, 0.25) is 0 Å². The number of nitrogens with zero attached hydrogens (tertiary/aromatic N) is 1. The van der Waals surface area contributed by atoms with Gasteiger partial charge in [-0.15, -0.1) is 0 Å². The van der Waals surface area contributed by atoms with Crippen molar-refractivity contribution in [1.29, 1.82) is 0 Å². The Kier molecular flexibility index (Phi) is 10.6. The van der Waals surface area contributed by atoms with Crippen LogP contribution in [0.4, 0.5) is 0 Å². The molecule has 0 aliphatic rings. The number of hydrogen-bond acceptors (Lipinski definition) is 4. The van der Waals surface area contributed by atoms with Gasteiger partial charge in [-0.05, 0) is 25.7 Å². The van der Waals surface area contributed by atoms with Gasteiger partial charge in [-0.1, -0.05) is 19.4 Å². The summed E-state index contributed by atoms with van der Waals surface area (Å²) in [6.07, 6.45) is 7.36. The van der Waals surface area contributed by atoms with Gasteiger partial charge < -0.3 is 19.1 Å². The molecule has 0 atom stereocenters. The van der Waals surface area contributed by atoms with Crippen LogP contribution in [0.1, 0.15) is 44.9 Å². The lowest BCUT2D eigenvalue weighted by atomic mass is 10.1. The number of carboxylic acid groups (broad SMARTS) is 1. The van der Waals surface area contributed by atoms with Crippen LogP contribution in [0.5, 0.6) is 0 Å². The molecule has 122 valence electrons. The summed E-state index contributed by atoms with van der Waals surface area (Å²) in [5, 5.41) is 10.4. The lowest BCUT2D eigenvalue weighted by Gasteiger charge is -2.30. The average molecular weight is 299 g/mol. The summed E-state index contributed by atoms with van der Waals surface area (Å²) >= 11 is 0. The van der Waals surface area contributed by atoms with Crippen LogP contribution in [0.3, 0.4) is 0 Å². The van der Waals surface area contributed by atoms with Crippen molar-refractivity contribution in [2.24, 2.45) is 0 Å². The Hall–Kier alpha value is -1.36. The molecule has 0 fully saturated rings. The fourth-order valence-corrected chi connectivity index (χ4v) is 2.17. The number of unbranched alkanes of at least 4 members (excludes halogenated alkanes) is 4. The van der Waals surface area contributed by atoms with E-state index in [-0.39, 0.29) is 12.4 Å². The number of quaternary nitrogens is 1. The molecule has 0 bridgehead atoms. The molecular formula is C16H29NO4. The van der Waals surface area contributed by atoms with Crippen molar-refractivity contribution in [2.75, 3.05) is 33.8 Å². The van der Waals surface area contributed by atoms with Gasteiger partial charge in [0.15, 0.2) is 0 Å². The molecule has 0 aromatic rings. The summed E-state index contributed by atoms with van der Waals surface area (Å²) in [4.78, 5) is 21.2. The molecule has 0 unspecified atom stereocenters. The highest BCUT2D eigenvalue weighted by Gasteiger charge is 2.13. The summed E-state index contributed by atoms with van der Waals surface area (Å²) in [6, 6.07) is 0. The normalized spacial score (nSPS) is 11.1. The van der Waals surface area contributed by atoms with Gasteiger partial charge in [0.05, 0.1) is 33.8 Å². The number of carbonyl (C=O) groups is 2. The quantitative estimate of drug-likeness (QED) is 0.222. The monoisotopic (exact) mass is 299 g/mol. The largest absolute Gasteiger partial charge is 0.550 e. The highest BCUT2D eigenvalue weighted by atomic mass is 16.5. The van der Waals surface area contributed by atoms with Crippen molar-refractivity contribution in [3.8, 4) is 0 Å². The average Bonchev–Trinajstić information content (AvgIpc) is 2.40. The van der Waals surface area contributed by atoms with E-state index in [1.54, 1.807) is 0 Å². The van der Waals surface area contributed by atoms with Crippen LogP contribution in [0, 0.1) is 0 Å².